The van der Waals surface area contributed by atoms with Crippen molar-refractivity contribution in [1.29, 1.82) is 0 Å². The zero-order valence-corrected chi connectivity index (χ0v) is 12.5. The van der Waals surface area contributed by atoms with Gasteiger partial charge in [-0.25, -0.2) is 0 Å². The minimum atomic E-state index is -0.103. The number of hydrogen-bond acceptors (Lipinski definition) is 2. The van der Waals surface area contributed by atoms with Crippen LogP contribution in [0.5, 0.6) is 5.75 Å². The van der Waals surface area contributed by atoms with Gasteiger partial charge < -0.3 is 10.1 Å². The molecule has 0 aliphatic rings. The summed E-state index contributed by atoms with van der Waals surface area (Å²) in [5.41, 5.74) is 2.14. The van der Waals surface area contributed by atoms with Crippen molar-refractivity contribution in [1.82, 2.24) is 5.32 Å². The molecule has 3 heteroatoms. The van der Waals surface area contributed by atoms with E-state index in [1.165, 1.54) is 0 Å². The Kier molecular flexibility index (Phi) is 5.38. The Bertz CT molecular complexity index is 581. The van der Waals surface area contributed by atoms with E-state index in [1.807, 2.05) is 61.5 Å². The molecule has 110 valence electrons. The maximum atomic E-state index is 12.0. The normalized spacial score (nSPS) is 11.7. The SMILES string of the molecule is CC[C@@H](NC(=O)COc1ccccc1C)c1ccccc1. The van der Waals surface area contributed by atoms with Gasteiger partial charge in [0.25, 0.3) is 5.91 Å². The Morgan fingerprint density at radius 1 is 1.10 bits per heavy atom. The number of nitrogens with one attached hydrogen (secondary N) is 1. The molecule has 21 heavy (non-hydrogen) atoms. The van der Waals surface area contributed by atoms with E-state index >= 15 is 0 Å². The number of aryl methyl sites for hydroxylation is 1. The van der Waals surface area contributed by atoms with Crippen LogP contribution in [0, 0.1) is 6.92 Å². The molecule has 0 saturated heterocycles. The quantitative estimate of drug-likeness (QED) is 0.879. The third-order valence-electron chi connectivity index (χ3n) is 3.40. The lowest BCUT2D eigenvalue weighted by atomic mass is 10.0. The highest BCUT2D eigenvalue weighted by molar-refractivity contribution is 5.78. The van der Waals surface area contributed by atoms with E-state index in [0.717, 1.165) is 23.3 Å². The molecule has 0 fully saturated rings. The van der Waals surface area contributed by atoms with Crippen LogP contribution in [0.25, 0.3) is 0 Å². The number of para-hydroxylation sites is 1. The van der Waals surface area contributed by atoms with Crippen LogP contribution in [0.3, 0.4) is 0 Å². The minimum absolute atomic E-state index is 0.0270. The number of ether oxygens (including phenoxy) is 1. The van der Waals surface area contributed by atoms with Crippen molar-refractivity contribution >= 4 is 5.91 Å². The molecule has 0 bridgehead atoms. The molecule has 1 N–H and O–H groups in total. The summed E-state index contributed by atoms with van der Waals surface area (Å²) in [5, 5.41) is 3.01. The van der Waals surface area contributed by atoms with Crippen LogP contribution in [-0.4, -0.2) is 12.5 Å². The Labute approximate surface area is 126 Å². The molecule has 0 unspecified atom stereocenters. The number of carbonyl (C=O) groups is 1. The number of amides is 1. The molecular weight excluding hydrogens is 262 g/mol. The summed E-state index contributed by atoms with van der Waals surface area (Å²) < 4.78 is 5.57. The second-order valence-corrected chi connectivity index (χ2v) is 4.99. The van der Waals surface area contributed by atoms with E-state index < -0.39 is 0 Å². The maximum Gasteiger partial charge on any atom is 0.258 e. The first kappa shape index (κ1) is 15.1. The van der Waals surface area contributed by atoms with Crippen LogP contribution in [0.2, 0.25) is 0 Å². The predicted molar refractivity (Wildman–Crippen MR) is 84.3 cm³/mol. The molecule has 0 aliphatic carbocycles. The Morgan fingerprint density at radius 2 is 1.76 bits per heavy atom. The van der Waals surface area contributed by atoms with E-state index in [1.54, 1.807) is 0 Å². The summed E-state index contributed by atoms with van der Waals surface area (Å²) in [5.74, 6) is 0.648. The Morgan fingerprint density at radius 3 is 2.43 bits per heavy atom. The first-order chi connectivity index (χ1) is 10.2. The van der Waals surface area contributed by atoms with Gasteiger partial charge in [0, 0.05) is 0 Å². The van der Waals surface area contributed by atoms with E-state index in [-0.39, 0.29) is 18.6 Å². The van der Waals surface area contributed by atoms with Crippen molar-refractivity contribution in [3.05, 3.63) is 65.7 Å². The highest BCUT2D eigenvalue weighted by Gasteiger charge is 2.12. The van der Waals surface area contributed by atoms with Crippen LogP contribution in [0.4, 0.5) is 0 Å². The number of hydrogen-bond donors (Lipinski definition) is 1. The van der Waals surface area contributed by atoms with E-state index in [4.69, 9.17) is 4.74 Å². The van der Waals surface area contributed by atoms with Crippen LogP contribution in [0.15, 0.2) is 54.6 Å². The highest BCUT2D eigenvalue weighted by Crippen LogP contribution is 2.17. The maximum absolute atomic E-state index is 12.0. The molecule has 3 nitrogen and oxygen atoms in total. The number of benzene rings is 2. The fraction of sp³-hybridized carbons (Fsp3) is 0.278. The average molecular weight is 283 g/mol. The molecule has 1 atom stereocenters. The van der Waals surface area contributed by atoms with Gasteiger partial charge in [-0.1, -0.05) is 55.5 Å². The van der Waals surface area contributed by atoms with Gasteiger partial charge in [-0.15, -0.1) is 0 Å². The monoisotopic (exact) mass is 283 g/mol. The molecule has 0 heterocycles. The topological polar surface area (TPSA) is 38.3 Å². The standard InChI is InChI=1S/C18H21NO2/c1-3-16(15-10-5-4-6-11-15)19-18(20)13-21-17-12-8-7-9-14(17)2/h4-12,16H,3,13H2,1-2H3,(H,19,20)/t16-/m1/s1. The van der Waals surface area contributed by atoms with Gasteiger partial charge >= 0.3 is 0 Å². The van der Waals surface area contributed by atoms with Crippen LogP contribution in [0.1, 0.15) is 30.5 Å². The third kappa shape index (κ3) is 4.35. The molecule has 0 aliphatic heterocycles. The van der Waals surface area contributed by atoms with Crippen LogP contribution in [-0.2, 0) is 4.79 Å². The highest BCUT2D eigenvalue weighted by atomic mass is 16.5. The van der Waals surface area contributed by atoms with Crippen molar-refractivity contribution in [2.24, 2.45) is 0 Å². The zero-order chi connectivity index (χ0) is 15.1. The van der Waals surface area contributed by atoms with Crippen molar-refractivity contribution in [2.75, 3.05) is 6.61 Å². The van der Waals surface area contributed by atoms with Gasteiger partial charge in [-0.2, -0.15) is 0 Å². The summed E-state index contributed by atoms with van der Waals surface area (Å²) in [6, 6.07) is 17.7. The zero-order valence-electron chi connectivity index (χ0n) is 12.5. The first-order valence-corrected chi connectivity index (χ1v) is 7.23. The first-order valence-electron chi connectivity index (χ1n) is 7.23. The van der Waals surface area contributed by atoms with Gasteiger partial charge in [-0.05, 0) is 30.5 Å². The smallest absolute Gasteiger partial charge is 0.258 e. The lowest BCUT2D eigenvalue weighted by Gasteiger charge is -2.18. The molecule has 0 spiro atoms. The fourth-order valence-corrected chi connectivity index (χ4v) is 2.20. The average Bonchev–Trinajstić information content (AvgIpc) is 2.52. The number of rotatable bonds is 6. The Balaban J connectivity index is 1.90. The van der Waals surface area contributed by atoms with Crippen molar-refractivity contribution < 1.29 is 9.53 Å². The summed E-state index contributed by atoms with van der Waals surface area (Å²) in [4.78, 5) is 12.0. The molecule has 2 aromatic rings. The van der Waals surface area contributed by atoms with Crippen molar-refractivity contribution in [3.8, 4) is 5.75 Å². The number of carbonyl (C=O) groups excluding carboxylic acids is 1. The largest absolute Gasteiger partial charge is 0.484 e. The minimum Gasteiger partial charge on any atom is -0.484 e. The van der Waals surface area contributed by atoms with E-state index in [9.17, 15) is 4.79 Å². The summed E-state index contributed by atoms with van der Waals surface area (Å²) in [7, 11) is 0. The van der Waals surface area contributed by atoms with E-state index in [0.29, 0.717) is 0 Å². The predicted octanol–water partition coefficient (Wildman–Crippen LogP) is 3.64. The fourth-order valence-electron chi connectivity index (χ4n) is 2.20. The summed E-state index contributed by atoms with van der Waals surface area (Å²) in [6.07, 6.45) is 0.847. The lowest BCUT2D eigenvalue weighted by Crippen LogP contribution is -2.32. The molecule has 0 radical (unpaired) electrons. The molecule has 1 amide bonds. The van der Waals surface area contributed by atoms with Crippen molar-refractivity contribution in [3.63, 3.8) is 0 Å². The summed E-state index contributed by atoms with van der Waals surface area (Å²) in [6.45, 7) is 4.06. The summed E-state index contributed by atoms with van der Waals surface area (Å²) >= 11 is 0. The molecular formula is C18H21NO2. The van der Waals surface area contributed by atoms with Crippen molar-refractivity contribution in [2.45, 2.75) is 26.3 Å². The van der Waals surface area contributed by atoms with Gasteiger partial charge in [0.05, 0.1) is 6.04 Å². The van der Waals surface area contributed by atoms with Gasteiger partial charge in [-0.3, -0.25) is 4.79 Å². The van der Waals surface area contributed by atoms with E-state index in [2.05, 4.69) is 12.2 Å². The molecule has 2 rings (SSSR count). The van der Waals surface area contributed by atoms with Crippen LogP contribution >= 0.6 is 0 Å². The van der Waals surface area contributed by atoms with Gasteiger partial charge in [0.2, 0.25) is 0 Å². The third-order valence-corrected chi connectivity index (χ3v) is 3.40. The Hall–Kier alpha value is -2.29. The second kappa shape index (κ2) is 7.48. The lowest BCUT2D eigenvalue weighted by molar-refractivity contribution is -0.123. The molecule has 2 aromatic carbocycles. The second-order valence-electron chi connectivity index (χ2n) is 4.99. The molecule has 0 aromatic heterocycles. The van der Waals surface area contributed by atoms with Gasteiger partial charge in [0.1, 0.15) is 5.75 Å². The van der Waals surface area contributed by atoms with Crippen LogP contribution < -0.4 is 10.1 Å². The van der Waals surface area contributed by atoms with Gasteiger partial charge in [0.15, 0.2) is 6.61 Å². The molecule has 0 saturated carbocycles.